The molecule has 1 heterocycles. The summed E-state index contributed by atoms with van der Waals surface area (Å²) in [6.45, 7) is 0.409. The number of benzene rings is 2. The number of hydrogen-bond acceptors (Lipinski definition) is 5. The van der Waals surface area contributed by atoms with Crippen molar-refractivity contribution in [3.63, 3.8) is 0 Å². The van der Waals surface area contributed by atoms with Crippen LogP contribution in [0.1, 0.15) is 21.9 Å². The molecule has 1 aromatic heterocycles. The molecule has 0 saturated heterocycles. The van der Waals surface area contributed by atoms with Crippen LogP contribution < -0.4 is 14.8 Å². The van der Waals surface area contributed by atoms with E-state index in [0.717, 1.165) is 5.56 Å². The predicted octanol–water partition coefficient (Wildman–Crippen LogP) is 4.23. The minimum atomic E-state index is -1.32. The Balaban J connectivity index is 1.54. The molecule has 1 unspecified atom stereocenters. The van der Waals surface area contributed by atoms with Gasteiger partial charge >= 0.3 is 0 Å². The molecule has 0 radical (unpaired) electrons. The van der Waals surface area contributed by atoms with Crippen LogP contribution in [-0.4, -0.2) is 30.9 Å². The molecular formula is C22H22ClNO5S. The molecule has 8 heteroatoms. The first-order valence-electron chi connectivity index (χ1n) is 9.22. The highest BCUT2D eigenvalue weighted by molar-refractivity contribution is 7.84. The third-order valence-corrected chi connectivity index (χ3v) is 5.95. The lowest BCUT2D eigenvalue weighted by atomic mass is 10.1. The van der Waals surface area contributed by atoms with E-state index < -0.39 is 10.8 Å². The largest absolute Gasteiger partial charge is 0.497 e. The van der Waals surface area contributed by atoms with E-state index in [9.17, 15) is 9.00 Å². The van der Waals surface area contributed by atoms with Gasteiger partial charge in [0.2, 0.25) is 0 Å². The second-order valence-corrected chi connectivity index (χ2v) is 8.28. The zero-order chi connectivity index (χ0) is 21.5. The molecule has 1 atom stereocenters. The van der Waals surface area contributed by atoms with E-state index in [4.69, 9.17) is 25.5 Å². The summed E-state index contributed by atoms with van der Waals surface area (Å²) >= 11 is 5.94. The van der Waals surface area contributed by atoms with Crippen LogP contribution in [0.25, 0.3) is 0 Å². The van der Waals surface area contributed by atoms with Crippen molar-refractivity contribution in [2.24, 2.45) is 0 Å². The fourth-order valence-corrected chi connectivity index (χ4v) is 4.18. The average Bonchev–Trinajstić information content (AvgIpc) is 3.22. The first-order chi connectivity index (χ1) is 14.5. The Hall–Kier alpha value is -2.77. The van der Waals surface area contributed by atoms with Gasteiger partial charge in [-0.2, -0.15) is 0 Å². The molecule has 0 fully saturated rings. The van der Waals surface area contributed by atoms with E-state index in [1.165, 1.54) is 0 Å². The predicted molar refractivity (Wildman–Crippen MR) is 116 cm³/mol. The van der Waals surface area contributed by atoms with Crippen LogP contribution in [0.3, 0.4) is 0 Å². The number of rotatable bonds is 9. The van der Waals surface area contributed by atoms with Gasteiger partial charge in [0.05, 0.1) is 30.8 Å². The topological polar surface area (TPSA) is 77.8 Å². The summed E-state index contributed by atoms with van der Waals surface area (Å²) in [7, 11) is 1.87. The molecule has 0 aliphatic carbocycles. The van der Waals surface area contributed by atoms with E-state index in [0.29, 0.717) is 40.1 Å². The molecule has 6 nitrogen and oxygen atoms in total. The number of hydrogen-bond donors (Lipinski definition) is 1. The number of methoxy groups -OCH3 is 2. The number of ether oxygens (including phenoxy) is 2. The van der Waals surface area contributed by atoms with Gasteiger partial charge in [-0.15, -0.1) is 0 Å². The number of amides is 1. The molecular weight excluding hydrogens is 426 g/mol. The summed E-state index contributed by atoms with van der Waals surface area (Å²) in [6.07, 6.45) is 0.589. The zero-order valence-corrected chi connectivity index (χ0v) is 18.2. The molecule has 0 saturated carbocycles. The Morgan fingerprint density at radius 1 is 1.10 bits per heavy atom. The monoisotopic (exact) mass is 447 g/mol. The summed E-state index contributed by atoms with van der Waals surface area (Å²) < 4.78 is 28.6. The van der Waals surface area contributed by atoms with E-state index in [1.54, 1.807) is 56.7 Å². The van der Waals surface area contributed by atoms with E-state index >= 15 is 0 Å². The van der Waals surface area contributed by atoms with E-state index in [1.807, 2.05) is 12.1 Å². The lowest BCUT2D eigenvalue weighted by Gasteiger charge is -2.10. The van der Waals surface area contributed by atoms with E-state index in [-0.39, 0.29) is 17.4 Å². The lowest BCUT2D eigenvalue weighted by Crippen LogP contribution is -2.25. The van der Waals surface area contributed by atoms with Gasteiger partial charge in [-0.25, -0.2) is 0 Å². The fourth-order valence-electron chi connectivity index (χ4n) is 2.85. The van der Waals surface area contributed by atoms with Gasteiger partial charge in [-0.3, -0.25) is 9.00 Å². The van der Waals surface area contributed by atoms with Crippen molar-refractivity contribution >= 4 is 28.3 Å². The molecule has 158 valence electrons. The zero-order valence-electron chi connectivity index (χ0n) is 16.6. The molecule has 2 aromatic carbocycles. The number of furan rings is 1. The van der Waals surface area contributed by atoms with Crippen molar-refractivity contribution in [3.05, 3.63) is 76.7 Å². The minimum Gasteiger partial charge on any atom is -0.497 e. The maximum absolute atomic E-state index is 12.5. The van der Waals surface area contributed by atoms with Crippen molar-refractivity contribution in [1.82, 2.24) is 5.32 Å². The summed E-state index contributed by atoms with van der Waals surface area (Å²) in [5.41, 5.74) is 0.954. The maximum Gasteiger partial charge on any atom is 0.287 e. The van der Waals surface area contributed by atoms with Gasteiger partial charge in [0.15, 0.2) is 5.76 Å². The molecule has 0 aliphatic rings. The Labute approximate surface area is 182 Å². The summed E-state index contributed by atoms with van der Waals surface area (Å²) in [4.78, 5) is 13.0. The second kappa shape index (κ2) is 10.3. The highest BCUT2D eigenvalue weighted by atomic mass is 35.5. The van der Waals surface area contributed by atoms with Crippen LogP contribution in [0, 0.1) is 0 Å². The van der Waals surface area contributed by atoms with Crippen molar-refractivity contribution in [3.8, 4) is 11.5 Å². The minimum absolute atomic E-state index is 0.163. The summed E-state index contributed by atoms with van der Waals surface area (Å²) in [6, 6.07) is 15.6. The molecule has 3 aromatic rings. The Bertz CT molecular complexity index is 1050. The van der Waals surface area contributed by atoms with Crippen LogP contribution in [-0.2, 0) is 23.0 Å². The maximum atomic E-state index is 12.5. The molecule has 30 heavy (non-hydrogen) atoms. The van der Waals surface area contributed by atoms with Gasteiger partial charge in [0, 0.05) is 22.5 Å². The molecule has 0 bridgehead atoms. The van der Waals surface area contributed by atoms with Gasteiger partial charge in [-0.1, -0.05) is 23.7 Å². The Morgan fingerprint density at radius 2 is 1.93 bits per heavy atom. The van der Waals surface area contributed by atoms with Gasteiger partial charge < -0.3 is 19.2 Å². The van der Waals surface area contributed by atoms with Crippen LogP contribution in [0.4, 0.5) is 0 Å². The standard InChI is InChI=1S/C22H22ClNO5S/c1-27-17-7-6-15(21(13-17)28-2)10-11-24-22(25)20-9-8-18(29-20)14-30(26)19-5-3-4-16(23)12-19/h3-9,12-13H,10-11,14H2,1-2H3,(H,24,25). The van der Waals surface area contributed by atoms with Crippen LogP contribution in [0.5, 0.6) is 11.5 Å². The van der Waals surface area contributed by atoms with Crippen molar-refractivity contribution < 1.29 is 22.9 Å². The number of carbonyl (C=O) groups excluding carboxylic acids is 1. The fraction of sp³-hybridized carbons (Fsp3) is 0.227. The van der Waals surface area contributed by atoms with Gasteiger partial charge in [0.25, 0.3) is 5.91 Å². The quantitative estimate of drug-likeness (QED) is 0.531. The smallest absolute Gasteiger partial charge is 0.287 e. The normalized spacial score (nSPS) is 11.7. The van der Waals surface area contributed by atoms with Crippen LogP contribution >= 0.6 is 11.6 Å². The van der Waals surface area contributed by atoms with E-state index in [2.05, 4.69) is 5.32 Å². The SMILES string of the molecule is COc1ccc(CCNC(=O)c2ccc(CS(=O)c3cccc(Cl)c3)o2)c(OC)c1. The lowest BCUT2D eigenvalue weighted by molar-refractivity contribution is 0.0925. The third kappa shape index (κ3) is 5.64. The van der Waals surface area contributed by atoms with Crippen LogP contribution in [0.2, 0.25) is 5.02 Å². The number of carbonyl (C=O) groups is 1. The Morgan fingerprint density at radius 3 is 2.67 bits per heavy atom. The summed E-state index contributed by atoms with van der Waals surface area (Å²) in [5.74, 6) is 1.88. The highest BCUT2D eigenvalue weighted by Crippen LogP contribution is 2.24. The first kappa shape index (κ1) is 21.9. The second-order valence-electron chi connectivity index (χ2n) is 6.40. The van der Waals surface area contributed by atoms with Crippen molar-refractivity contribution in [1.29, 1.82) is 0 Å². The third-order valence-electron chi connectivity index (χ3n) is 4.39. The van der Waals surface area contributed by atoms with Crippen molar-refractivity contribution in [2.45, 2.75) is 17.1 Å². The first-order valence-corrected chi connectivity index (χ1v) is 10.9. The Kier molecular flexibility index (Phi) is 7.54. The van der Waals surface area contributed by atoms with Crippen molar-refractivity contribution in [2.75, 3.05) is 20.8 Å². The molecule has 0 spiro atoms. The van der Waals surface area contributed by atoms with Crippen LogP contribution in [0.15, 0.2) is 63.9 Å². The molecule has 0 aliphatic heterocycles. The number of nitrogens with one attached hydrogen (secondary N) is 1. The molecule has 1 N–H and O–H groups in total. The highest BCUT2D eigenvalue weighted by Gasteiger charge is 2.14. The average molecular weight is 448 g/mol. The van der Waals surface area contributed by atoms with Gasteiger partial charge in [0.1, 0.15) is 17.3 Å². The number of halogens is 1. The molecule has 1 amide bonds. The summed E-state index contributed by atoms with van der Waals surface area (Å²) in [5, 5.41) is 3.34. The van der Waals surface area contributed by atoms with Gasteiger partial charge in [-0.05, 0) is 48.4 Å². The molecule has 3 rings (SSSR count).